The summed E-state index contributed by atoms with van der Waals surface area (Å²) >= 11 is 0. The van der Waals surface area contributed by atoms with Crippen LogP contribution in [-0.4, -0.2) is 47.2 Å². The van der Waals surface area contributed by atoms with Gasteiger partial charge in [0.05, 0.1) is 6.04 Å². The molecule has 0 aliphatic carbocycles. The normalized spacial score (nSPS) is 18.8. The van der Waals surface area contributed by atoms with Crippen molar-refractivity contribution in [2.24, 2.45) is 17.4 Å². The smallest absolute Gasteiger partial charge is 0.249 e. The van der Waals surface area contributed by atoms with Crippen LogP contribution in [0.15, 0.2) is 0 Å². The topological polar surface area (TPSA) is 136 Å². The molecule has 1 fully saturated rings. The van der Waals surface area contributed by atoms with Gasteiger partial charge in [0.2, 0.25) is 23.6 Å². The number of likely N-dealkylation sites (tertiary alicyclic amines) is 1. The molecule has 1 rings (SSSR count). The Morgan fingerprint density at radius 2 is 1.91 bits per heavy atom. The molecule has 8 nitrogen and oxygen atoms in total. The third-order valence-electron chi connectivity index (χ3n) is 3.71. The van der Waals surface area contributed by atoms with E-state index in [1.165, 1.54) is 4.90 Å². The van der Waals surface area contributed by atoms with E-state index in [-0.39, 0.29) is 37.0 Å². The number of primary amides is 1. The highest BCUT2D eigenvalue weighted by Crippen LogP contribution is 2.19. The minimum absolute atomic E-state index is 0.0183. The van der Waals surface area contributed by atoms with Crippen molar-refractivity contribution in [3.05, 3.63) is 0 Å². The number of carbonyl (C=O) groups excluding carboxylic acids is 4. The average Bonchev–Trinajstić information content (AvgIpc) is 2.92. The lowest BCUT2D eigenvalue weighted by Gasteiger charge is -2.26. The molecule has 1 aliphatic rings. The van der Waals surface area contributed by atoms with Crippen molar-refractivity contribution in [2.75, 3.05) is 6.54 Å². The number of nitrogens with zero attached hydrogens (tertiary/aromatic N) is 1. The number of hydrogen-bond acceptors (Lipinski definition) is 5. The molecular weight excluding hydrogens is 300 g/mol. The first-order valence-corrected chi connectivity index (χ1v) is 7.90. The second kappa shape index (κ2) is 8.61. The fourth-order valence-electron chi connectivity index (χ4n) is 2.58. The van der Waals surface area contributed by atoms with Gasteiger partial charge in [0.1, 0.15) is 6.04 Å². The van der Waals surface area contributed by atoms with E-state index in [4.69, 9.17) is 11.5 Å². The molecule has 0 saturated carbocycles. The number of nitrogens with one attached hydrogen (secondary N) is 1. The zero-order chi connectivity index (χ0) is 17.6. The summed E-state index contributed by atoms with van der Waals surface area (Å²) in [7, 11) is 0. The lowest BCUT2D eigenvalue weighted by Crippen LogP contribution is -2.52. The molecule has 0 spiro atoms. The van der Waals surface area contributed by atoms with Crippen LogP contribution in [0.4, 0.5) is 0 Å². The van der Waals surface area contributed by atoms with E-state index in [0.717, 1.165) is 0 Å². The standard InChI is InChI=1S/C15H26N4O4/c1-9(2)8-13(21)18-14(22)11-4-3-7-19(11)15(23)10(16)5-6-12(17)20/h9-11H,3-8,16H2,1-2H3,(H2,17,20)(H,18,21,22)/t10-,11-/m0/s1. The second-order valence-electron chi connectivity index (χ2n) is 6.31. The van der Waals surface area contributed by atoms with Crippen LogP contribution in [0, 0.1) is 5.92 Å². The highest BCUT2D eigenvalue weighted by Gasteiger charge is 2.36. The Morgan fingerprint density at radius 1 is 1.26 bits per heavy atom. The number of amides is 4. The molecule has 0 aromatic heterocycles. The van der Waals surface area contributed by atoms with Crippen LogP contribution in [0.25, 0.3) is 0 Å². The molecule has 0 aromatic rings. The maximum atomic E-state index is 12.3. The summed E-state index contributed by atoms with van der Waals surface area (Å²) in [6, 6.07) is -1.56. The Hall–Kier alpha value is -1.96. The molecule has 23 heavy (non-hydrogen) atoms. The lowest BCUT2D eigenvalue weighted by atomic mass is 10.1. The van der Waals surface area contributed by atoms with Gasteiger partial charge in [0.15, 0.2) is 0 Å². The fourth-order valence-corrected chi connectivity index (χ4v) is 2.58. The van der Waals surface area contributed by atoms with Crippen LogP contribution < -0.4 is 16.8 Å². The average molecular weight is 326 g/mol. The zero-order valence-electron chi connectivity index (χ0n) is 13.7. The van der Waals surface area contributed by atoms with Crippen LogP contribution >= 0.6 is 0 Å². The van der Waals surface area contributed by atoms with Gasteiger partial charge in [-0.3, -0.25) is 24.5 Å². The third kappa shape index (κ3) is 5.97. The third-order valence-corrected chi connectivity index (χ3v) is 3.71. The van der Waals surface area contributed by atoms with Crippen molar-refractivity contribution >= 4 is 23.6 Å². The van der Waals surface area contributed by atoms with E-state index >= 15 is 0 Å². The molecule has 0 unspecified atom stereocenters. The molecule has 8 heteroatoms. The number of rotatable bonds is 7. The van der Waals surface area contributed by atoms with Gasteiger partial charge in [-0.05, 0) is 25.2 Å². The quantitative estimate of drug-likeness (QED) is 0.566. The number of imide groups is 1. The molecular formula is C15H26N4O4. The minimum atomic E-state index is -0.873. The van der Waals surface area contributed by atoms with E-state index in [9.17, 15) is 19.2 Å². The number of carbonyl (C=O) groups is 4. The molecule has 0 aromatic carbocycles. The van der Waals surface area contributed by atoms with E-state index in [1.54, 1.807) is 0 Å². The van der Waals surface area contributed by atoms with E-state index < -0.39 is 23.9 Å². The van der Waals surface area contributed by atoms with Gasteiger partial charge in [-0.15, -0.1) is 0 Å². The van der Waals surface area contributed by atoms with Crippen LogP contribution in [0.5, 0.6) is 0 Å². The van der Waals surface area contributed by atoms with Crippen molar-refractivity contribution in [1.29, 1.82) is 0 Å². The van der Waals surface area contributed by atoms with Crippen molar-refractivity contribution in [3.63, 3.8) is 0 Å². The van der Waals surface area contributed by atoms with Crippen LogP contribution in [0.2, 0.25) is 0 Å². The minimum Gasteiger partial charge on any atom is -0.370 e. The highest BCUT2D eigenvalue weighted by atomic mass is 16.2. The molecule has 2 atom stereocenters. The van der Waals surface area contributed by atoms with Crippen molar-refractivity contribution in [2.45, 2.75) is 58.0 Å². The summed E-state index contributed by atoms with van der Waals surface area (Å²) in [6.45, 7) is 4.18. The first kappa shape index (κ1) is 19.1. The number of hydrogen-bond donors (Lipinski definition) is 3. The molecule has 4 amide bonds. The van der Waals surface area contributed by atoms with Gasteiger partial charge in [-0.25, -0.2) is 0 Å². The Balaban J connectivity index is 2.61. The molecule has 1 saturated heterocycles. The van der Waals surface area contributed by atoms with Crippen molar-refractivity contribution in [3.8, 4) is 0 Å². The summed E-state index contributed by atoms with van der Waals surface area (Å²) < 4.78 is 0. The molecule has 5 N–H and O–H groups in total. The van der Waals surface area contributed by atoms with Crippen LogP contribution in [0.3, 0.4) is 0 Å². The van der Waals surface area contributed by atoms with Gasteiger partial charge in [0.25, 0.3) is 0 Å². The maximum Gasteiger partial charge on any atom is 0.249 e. The molecule has 0 radical (unpaired) electrons. The molecule has 1 aliphatic heterocycles. The maximum absolute atomic E-state index is 12.3. The van der Waals surface area contributed by atoms with Gasteiger partial charge in [0, 0.05) is 19.4 Å². The Kier molecular flexibility index (Phi) is 7.15. The first-order chi connectivity index (χ1) is 10.7. The van der Waals surface area contributed by atoms with Crippen LogP contribution in [-0.2, 0) is 19.2 Å². The summed E-state index contributed by atoms with van der Waals surface area (Å²) in [4.78, 5) is 48.4. The van der Waals surface area contributed by atoms with E-state index in [0.29, 0.717) is 19.4 Å². The number of nitrogens with two attached hydrogens (primary N) is 2. The summed E-state index contributed by atoms with van der Waals surface area (Å²) in [5.74, 6) is -1.58. The van der Waals surface area contributed by atoms with E-state index in [1.807, 2.05) is 13.8 Å². The fraction of sp³-hybridized carbons (Fsp3) is 0.733. The van der Waals surface area contributed by atoms with Gasteiger partial charge < -0.3 is 16.4 Å². The largest absolute Gasteiger partial charge is 0.370 e. The molecule has 130 valence electrons. The van der Waals surface area contributed by atoms with Crippen LogP contribution in [0.1, 0.15) is 46.0 Å². The Morgan fingerprint density at radius 3 is 2.48 bits per heavy atom. The van der Waals surface area contributed by atoms with Crippen molar-refractivity contribution in [1.82, 2.24) is 10.2 Å². The monoisotopic (exact) mass is 326 g/mol. The summed E-state index contributed by atoms with van der Waals surface area (Å²) in [5, 5.41) is 2.34. The molecule has 0 bridgehead atoms. The van der Waals surface area contributed by atoms with Gasteiger partial charge in [-0.2, -0.15) is 0 Å². The van der Waals surface area contributed by atoms with Gasteiger partial charge >= 0.3 is 0 Å². The second-order valence-corrected chi connectivity index (χ2v) is 6.31. The van der Waals surface area contributed by atoms with Crippen molar-refractivity contribution < 1.29 is 19.2 Å². The van der Waals surface area contributed by atoms with E-state index in [2.05, 4.69) is 5.32 Å². The molecule has 1 heterocycles. The Labute approximate surface area is 135 Å². The SMILES string of the molecule is CC(C)CC(=O)NC(=O)[C@@H]1CCCN1C(=O)[C@@H](N)CCC(N)=O. The lowest BCUT2D eigenvalue weighted by molar-refractivity contribution is -0.142. The Bertz CT molecular complexity index is 478. The zero-order valence-corrected chi connectivity index (χ0v) is 13.7. The predicted molar refractivity (Wildman–Crippen MR) is 83.7 cm³/mol. The first-order valence-electron chi connectivity index (χ1n) is 7.90. The predicted octanol–water partition coefficient (Wildman–Crippen LogP) is -0.741. The summed E-state index contributed by atoms with van der Waals surface area (Å²) in [6.07, 6.45) is 1.58. The summed E-state index contributed by atoms with van der Waals surface area (Å²) in [5.41, 5.74) is 10.8. The van der Waals surface area contributed by atoms with Gasteiger partial charge in [-0.1, -0.05) is 13.8 Å². The highest BCUT2D eigenvalue weighted by molar-refractivity contribution is 5.99.